The maximum atomic E-state index is 12.5. The molecule has 6 nitrogen and oxygen atoms in total. The Morgan fingerprint density at radius 3 is 2.50 bits per heavy atom. The molecule has 0 amide bonds. The summed E-state index contributed by atoms with van der Waals surface area (Å²) < 4.78 is 36.3. The number of benzene rings is 1. The summed E-state index contributed by atoms with van der Waals surface area (Å²) in [6, 6.07) is 4.60. The molecule has 22 heavy (non-hydrogen) atoms. The Hall–Kier alpha value is -1.86. The summed E-state index contributed by atoms with van der Waals surface area (Å²) in [5, 5.41) is 0. The Kier molecular flexibility index (Phi) is 5.20. The molecule has 1 aromatic rings. The van der Waals surface area contributed by atoms with E-state index in [2.05, 4.69) is 4.74 Å². The summed E-state index contributed by atoms with van der Waals surface area (Å²) in [6.45, 7) is 1.09. The second kappa shape index (κ2) is 6.93. The smallest absolute Gasteiger partial charge is 0.330 e. The number of esters is 1. The van der Waals surface area contributed by atoms with Gasteiger partial charge in [0.1, 0.15) is 5.75 Å². The number of carbonyl (C=O) groups is 1. The first-order valence-electron chi connectivity index (χ1n) is 6.93. The number of hydrogen-bond acceptors (Lipinski definition) is 5. The van der Waals surface area contributed by atoms with Gasteiger partial charge < -0.3 is 9.47 Å². The molecule has 0 spiro atoms. The third-order valence-corrected chi connectivity index (χ3v) is 5.40. The zero-order valence-corrected chi connectivity index (χ0v) is 13.4. The van der Waals surface area contributed by atoms with Gasteiger partial charge in [0.05, 0.1) is 19.1 Å². The van der Waals surface area contributed by atoms with Crippen molar-refractivity contribution in [3.63, 3.8) is 0 Å². The number of methoxy groups -OCH3 is 2. The first-order valence-corrected chi connectivity index (χ1v) is 8.37. The van der Waals surface area contributed by atoms with Crippen LogP contribution < -0.4 is 4.74 Å². The van der Waals surface area contributed by atoms with Crippen LogP contribution in [0.5, 0.6) is 5.75 Å². The minimum absolute atomic E-state index is 0.194. The van der Waals surface area contributed by atoms with Gasteiger partial charge in [0, 0.05) is 24.7 Å². The second-order valence-electron chi connectivity index (χ2n) is 4.87. The molecular formula is C15H19NO5S. The number of ether oxygens (including phenoxy) is 2. The maximum Gasteiger partial charge on any atom is 0.330 e. The molecule has 1 aromatic carbocycles. The van der Waals surface area contributed by atoms with Gasteiger partial charge in [0.15, 0.2) is 0 Å². The van der Waals surface area contributed by atoms with Crippen molar-refractivity contribution in [3.05, 3.63) is 29.8 Å². The van der Waals surface area contributed by atoms with E-state index in [9.17, 15) is 13.2 Å². The summed E-state index contributed by atoms with van der Waals surface area (Å²) in [4.78, 5) is 11.4. The van der Waals surface area contributed by atoms with Gasteiger partial charge in [-0.2, -0.15) is 4.31 Å². The van der Waals surface area contributed by atoms with Gasteiger partial charge in [0.25, 0.3) is 0 Å². The Morgan fingerprint density at radius 2 is 1.91 bits per heavy atom. The zero-order chi connectivity index (χ0) is 16.2. The van der Waals surface area contributed by atoms with Gasteiger partial charge in [-0.25, -0.2) is 13.2 Å². The van der Waals surface area contributed by atoms with Crippen LogP contribution in [0.3, 0.4) is 0 Å². The molecule has 0 N–H and O–H groups in total. The highest BCUT2D eigenvalue weighted by molar-refractivity contribution is 7.89. The van der Waals surface area contributed by atoms with E-state index in [1.165, 1.54) is 42.8 Å². The molecule has 0 saturated carbocycles. The number of rotatable bonds is 5. The predicted octanol–water partition coefficient (Wildman–Crippen LogP) is 1.67. The van der Waals surface area contributed by atoms with E-state index in [1.54, 1.807) is 6.07 Å². The summed E-state index contributed by atoms with van der Waals surface area (Å²) in [6.07, 6.45) is 4.47. The second-order valence-corrected chi connectivity index (χ2v) is 6.81. The average Bonchev–Trinajstić information content (AvgIpc) is 3.07. The zero-order valence-electron chi connectivity index (χ0n) is 12.6. The van der Waals surface area contributed by atoms with Crippen molar-refractivity contribution < 1.29 is 22.7 Å². The number of hydrogen-bond donors (Lipinski definition) is 0. The first-order chi connectivity index (χ1) is 10.5. The molecular weight excluding hydrogens is 306 g/mol. The van der Waals surface area contributed by atoms with Crippen LogP contribution in [-0.2, 0) is 19.6 Å². The van der Waals surface area contributed by atoms with Crippen LogP contribution in [0, 0.1) is 0 Å². The molecule has 0 aliphatic carbocycles. The normalized spacial score (nSPS) is 16.1. The van der Waals surface area contributed by atoms with Gasteiger partial charge in [-0.1, -0.05) is 0 Å². The molecule has 0 unspecified atom stereocenters. The van der Waals surface area contributed by atoms with Crippen molar-refractivity contribution in [2.75, 3.05) is 27.3 Å². The Balaban J connectivity index is 2.38. The predicted molar refractivity (Wildman–Crippen MR) is 82.0 cm³/mol. The average molecular weight is 325 g/mol. The third kappa shape index (κ3) is 3.48. The summed E-state index contributed by atoms with van der Waals surface area (Å²) >= 11 is 0. The molecule has 0 radical (unpaired) electrons. The largest absolute Gasteiger partial charge is 0.496 e. The van der Waals surface area contributed by atoms with Crippen LogP contribution in [0.15, 0.2) is 29.2 Å². The van der Waals surface area contributed by atoms with E-state index in [1.807, 2.05) is 0 Å². The lowest BCUT2D eigenvalue weighted by Gasteiger charge is -2.16. The Labute approximate surface area is 130 Å². The molecule has 0 atom stereocenters. The lowest BCUT2D eigenvalue weighted by Crippen LogP contribution is -2.27. The van der Waals surface area contributed by atoms with E-state index in [0.29, 0.717) is 24.4 Å². The molecule has 120 valence electrons. The summed E-state index contributed by atoms with van der Waals surface area (Å²) in [5.41, 5.74) is 0.508. The molecule has 7 heteroatoms. The molecule has 0 bridgehead atoms. The molecule has 1 aliphatic heterocycles. The van der Waals surface area contributed by atoms with Gasteiger partial charge in [-0.3, -0.25) is 0 Å². The molecule has 1 fully saturated rings. The lowest BCUT2D eigenvalue weighted by atomic mass is 10.2. The topological polar surface area (TPSA) is 72.9 Å². The highest BCUT2D eigenvalue weighted by Crippen LogP contribution is 2.27. The van der Waals surface area contributed by atoms with E-state index >= 15 is 0 Å². The van der Waals surface area contributed by atoms with Crippen molar-refractivity contribution in [2.24, 2.45) is 0 Å². The number of nitrogens with zero attached hydrogens (tertiary/aromatic N) is 1. The van der Waals surface area contributed by atoms with Gasteiger partial charge in [0.2, 0.25) is 10.0 Å². The first kappa shape index (κ1) is 16.5. The van der Waals surface area contributed by atoms with Gasteiger partial charge in [-0.15, -0.1) is 0 Å². The van der Waals surface area contributed by atoms with E-state index in [4.69, 9.17) is 4.74 Å². The minimum Gasteiger partial charge on any atom is -0.496 e. The highest BCUT2D eigenvalue weighted by atomic mass is 32.2. The van der Waals surface area contributed by atoms with Crippen LogP contribution >= 0.6 is 0 Å². The van der Waals surface area contributed by atoms with Crippen LogP contribution in [-0.4, -0.2) is 46.0 Å². The van der Waals surface area contributed by atoms with E-state index < -0.39 is 16.0 Å². The fraction of sp³-hybridized carbons (Fsp3) is 0.400. The maximum absolute atomic E-state index is 12.5. The van der Waals surface area contributed by atoms with Crippen LogP contribution in [0.1, 0.15) is 18.4 Å². The molecule has 2 rings (SSSR count). The summed E-state index contributed by atoms with van der Waals surface area (Å²) in [5.74, 6) is -0.0321. The molecule has 1 saturated heterocycles. The van der Waals surface area contributed by atoms with Crippen molar-refractivity contribution in [2.45, 2.75) is 17.7 Å². The van der Waals surface area contributed by atoms with E-state index in [0.717, 1.165) is 12.8 Å². The van der Waals surface area contributed by atoms with Gasteiger partial charge in [-0.05, 0) is 37.1 Å². The van der Waals surface area contributed by atoms with E-state index in [-0.39, 0.29) is 4.90 Å². The number of carbonyl (C=O) groups excluding carboxylic acids is 1. The Bertz CT molecular complexity index is 675. The third-order valence-electron chi connectivity index (χ3n) is 3.50. The quantitative estimate of drug-likeness (QED) is 0.608. The van der Waals surface area contributed by atoms with Crippen molar-refractivity contribution in [3.8, 4) is 5.75 Å². The van der Waals surface area contributed by atoms with Crippen molar-refractivity contribution in [1.29, 1.82) is 0 Å². The monoisotopic (exact) mass is 325 g/mol. The molecule has 1 aliphatic rings. The fourth-order valence-corrected chi connectivity index (χ4v) is 3.86. The van der Waals surface area contributed by atoms with Crippen LogP contribution in [0.4, 0.5) is 0 Å². The fourth-order valence-electron chi connectivity index (χ4n) is 2.31. The van der Waals surface area contributed by atoms with Gasteiger partial charge >= 0.3 is 5.97 Å². The molecule has 1 heterocycles. The number of sulfonamides is 1. The van der Waals surface area contributed by atoms with Crippen LogP contribution in [0.2, 0.25) is 0 Å². The van der Waals surface area contributed by atoms with Crippen molar-refractivity contribution in [1.82, 2.24) is 4.31 Å². The lowest BCUT2D eigenvalue weighted by molar-refractivity contribution is -0.134. The Morgan fingerprint density at radius 1 is 1.23 bits per heavy atom. The molecule has 0 aromatic heterocycles. The van der Waals surface area contributed by atoms with Crippen molar-refractivity contribution >= 4 is 22.1 Å². The highest BCUT2D eigenvalue weighted by Gasteiger charge is 2.27. The minimum atomic E-state index is -3.50. The standard InChI is InChI=1S/C15H19NO5S/c1-20-14-7-6-13(11-12(14)5-8-15(17)21-2)22(18,19)16-9-3-4-10-16/h5-8,11H,3-4,9-10H2,1-2H3. The summed E-state index contributed by atoms with van der Waals surface area (Å²) in [7, 11) is -0.741. The SMILES string of the molecule is COC(=O)C=Cc1cc(S(=O)(=O)N2CCCC2)ccc1OC. The van der Waals surface area contributed by atoms with Crippen LogP contribution in [0.25, 0.3) is 6.08 Å².